The molecule has 22 heavy (non-hydrogen) atoms. The van der Waals surface area contributed by atoms with Crippen molar-refractivity contribution in [2.45, 2.75) is 13.8 Å². The molecule has 8 heteroatoms. The van der Waals surface area contributed by atoms with E-state index in [1.165, 1.54) is 6.92 Å². The van der Waals surface area contributed by atoms with Crippen molar-refractivity contribution in [1.82, 2.24) is 0 Å². The fourth-order valence-electron chi connectivity index (χ4n) is 1.49. The summed E-state index contributed by atoms with van der Waals surface area (Å²) in [6.45, 7) is 3.52. The zero-order valence-electron chi connectivity index (χ0n) is 11.8. The number of benzene rings is 1. The minimum atomic E-state index is -1.44. The van der Waals surface area contributed by atoms with Crippen molar-refractivity contribution in [3.63, 3.8) is 0 Å². The zero-order chi connectivity index (χ0) is 16.9. The normalized spacial score (nSPS) is 12.5. The van der Waals surface area contributed by atoms with Crippen LogP contribution in [0, 0.1) is 17.5 Å². The van der Waals surface area contributed by atoms with Crippen molar-refractivity contribution in [2.75, 3.05) is 13.2 Å². The molecule has 1 aromatic rings. The summed E-state index contributed by atoms with van der Waals surface area (Å²) in [7, 11) is 0. The quantitative estimate of drug-likeness (QED) is 0.211. The highest BCUT2D eigenvalue weighted by atomic mass is 79.9. The molecule has 0 radical (unpaired) electrons. The van der Waals surface area contributed by atoms with E-state index >= 15 is 0 Å². The Morgan fingerprint density at radius 2 is 2.00 bits per heavy atom. The summed E-state index contributed by atoms with van der Waals surface area (Å²) >= 11 is 2.55. The molecule has 4 nitrogen and oxygen atoms in total. The van der Waals surface area contributed by atoms with Gasteiger partial charge in [-0.1, -0.05) is 0 Å². The molecule has 0 amide bonds. The number of rotatable bonds is 5. The fraction of sp³-hybridized carbons (Fsp3) is 0.286. The van der Waals surface area contributed by atoms with Gasteiger partial charge in [0.15, 0.2) is 17.5 Å². The number of carbonyl (C=O) groups is 1. The molecule has 0 aliphatic heterocycles. The molecule has 0 atom stereocenters. The summed E-state index contributed by atoms with van der Waals surface area (Å²) in [6.07, 6.45) is 0.988. The Morgan fingerprint density at radius 3 is 2.55 bits per heavy atom. The molecular weight excluding hydrogens is 367 g/mol. The number of nitrogens with zero attached hydrogens (tertiary/aromatic N) is 1. The van der Waals surface area contributed by atoms with Gasteiger partial charge >= 0.3 is 5.97 Å². The number of aliphatic hydroxyl groups is 1. The topological polar surface area (TPSA) is 58.9 Å². The maximum absolute atomic E-state index is 14.0. The Balaban J connectivity index is 3.53. The van der Waals surface area contributed by atoms with E-state index in [-0.39, 0.29) is 6.61 Å². The Labute approximate surface area is 133 Å². The van der Waals surface area contributed by atoms with Gasteiger partial charge in [-0.3, -0.25) is 4.99 Å². The molecule has 1 rings (SSSR count). The molecule has 1 aromatic carbocycles. The van der Waals surface area contributed by atoms with Crippen LogP contribution in [0.2, 0.25) is 0 Å². The van der Waals surface area contributed by atoms with Crippen LogP contribution in [0.1, 0.15) is 19.4 Å². The van der Waals surface area contributed by atoms with Crippen molar-refractivity contribution in [3.8, 4) is 0 Å². The minimum Gasteiger partial charge on any atom is -0.506 e. The number of halogens is 4. The summed E-state index contributed by atoms with van der Waals surface area (Å²) < 4.78 is 44.5. The summed E-state index contributed by atoms with van der Waals surface area (Å²) in [5.74, 6) is -5.92. The second-order valence-corrected chi connectivity index (χ2v) is 4.75. The first-order valence-corrected chi connectivity index (χ1v) is 7.07. The van der Waals surface area contributed by atoms with Crippen LogP contribution in [-0.4, -0.2) is 30.4 Å². The fourth-order valence-corrected chi connectivity index (χ4v) is 1.90. The van der Waals surface area contributed by atoms with E-state index in [0.29, 0.717) is 12.6 Å². The summed E-state index contributed by atoms with van der Waals surface area (Å²) in [5.41, 5.74) is -1.14. The summed E-state index contributed by atoms with van der Waals surface area (Å²) in [4.78, 5) is 15.5. The standard InChI is InChI=1S/C14H13BrF3NO3/c1-3-19-6-8(14(21)22-4-2)13(20)7-5-9(16)12(18)10(15)11(7)17/h5-6,20H,3-4H2,1-2H3/b13-8-,19-6?. The molecule has 1 N–H and O–H groups in total. The molecule has 0 unspecified atom stereocenters. The third-order valence-corrected chi connectivity index (χ3v) is 3.21. The molecule has 0 saturated heterocycles. The van der Waals surface area contributed by atoms with Crippen molar-refractivity contribution >= 4 is 33.9 Å². The number of carbonyl (C=O) groups excluding carboxylic acids is 1. The van der Waals surface area contributed by atoms with E-state index < -0.39 is 44.8 Å². The molecule has 120 valence electrons. The van der Waals surface area contributed by atoms with Crippen LogP contribution >= 0.6 is 15.9 Å². The van der Waals surface area contributed by atoms with Crippen molar-refractivity contribution < 1.29 is 27.8 Å². The molecule has 0 aliphatic carbocycles. The summed E-state index contributed by atoms with van der Waals surface area (Å²) in [6, 6.07) is 0.448. The zero-order valence-corrected chi connectivity index (χ0v) is 13.4. The molecular formula is C14H13BrF3NO3. The van der Waals surface area contributed by atoms with Crippen LogP contribution in [0.25, 0.3) is 5.76 Å². The lowest BCUT2D eigenvalue weighted by atomic mass is 10.1. The Bertz CT molecular complexity index is 645. The highest BCUT2D eigenvalue weighted by Crippen LogP contribution is 2.29. The average molecular weight is 380 g/mol. The smallest absolute Gasteiger partial charge is 0.343 e. The Kier molecular flexibility index (Phi) is 6.61. The maximum atomic E-state index is 14.0. The first-order chi connectivity index (χ1) is 10.3. The van der Waals surface area contributed by atoms with Gasteiger partial charge in [0, 0.05) is 12.8 Å². The van der Waals surface area contributed by atoms with Crippen LogP contribution in [-0.2, 0) is 9.53 Å². The predicted octanol–water partition coefficient (Wildman–Crippen LogP) is 3.79. The third-order valence-electron chi connectivity index (χ3n) is 2.51. The number of hydrogen-bond donors (Lipinski definition) is 1. The first kappa shape index (κ1) is 18.2. The molecule has 0 aliphatic rings. The SMILES string of the molecule is CCN=C/C(C(=O)OCC)=C(/O)c1cc(F)c(F)c(Br)c1F. The largest absolute Gasteiger partial charge is 0.506 e. The van der Waals surface area contributed by atoms with Gasteiger partial charge in [-0.25, -0.2) is 18.0 Å². The van der Waals surface area contributed by atoms with Crippen molar-refractivity contribution in [1.29, 1.82) is 0 Å². The van der Waals surface area contributed by atoms with Gasteiger partial charge in [-0.2, -0.15) is 0 Å². The number of aliphatic imine (C=N–C) groups is 1. The van der Waals surface area contributed by atoms with Gasteiger partial charge in [0.2, 0.25) is 0 Å². The van der Waals surface area contributed by atoms with Gasteiger partial charge in [0.1, 0.15) is 11.3 Å². The minimum absolute atomic E-state index is 0.0134. The molecule has 0 heterocycles. The number of aliphatic hydroxyl groups excluding tert-OH is 1. The molecule has 0 spiro atoms. The van der Waals surface area contributed by atoms with Crippen LogP contribution in [0.5, 0.6) is 0 Å². The third kappa shape index (κ3) is 3.88. The average Bonchev–Trinajstić information content (AvgIpc) is 2.49. The van der Waals surface area contributed by atoms with Gasteiger partial charge < -0.3 is 9.84 Å². The predicted molar refractivity (Wildman–Crippen MR) is 79.2 cm³/mol. The first-order valence-electron chi connectivity index (χ1n) is 6.28. The van der Waals surface area contributed by atoms with E-state index in [0.717, 1.165) is 6.21 Å². The number of ether oxygens (including phenoxy) is 1. The van der Waals surface area contributed by atoms with E-state index in [2.05, 4.69) is 20.9 Å². The monoisotopic (exact) mass is 379 g/mol. The molecule has 0 aromatic heterocycles. The highest BCUT2D eigenvalue weighted by molar-refractivity contribution is 9.10. The van der Waals surface area contributed by atoms with E-state index in [9.17, 15) is 23.1 Å². The highest BCUT2D eigenvalue weighted by Gasteiger charge is 2.23. The lowest BCUT2D eigenvalue weighted by molar-refractivity contribution is -0.137. The molecule has 0 fully saturated rings. The Hall–Kier alpha value is -1.83. The van der Waals surface area contributed by atoms with E-state index in [4.69, 9.17) is 4.74 Å². The second-order valence-electron chi connectivity index (χ2n) is 3.96. The Morgan fingerprint density at radius 1 is 1.36 bits per heavy atom. The number of hydrogen-bond acceptors (Lipinski definition) is 4. The van der Waals surface area contributed by atoms with Gasteiger partial charge in [-0.15, -0.1) is 0 Å². The van der Waals surface area contributed by atoms with Crippen LogP contribution in [0.15, 0.2) is 21.1 Å². The van der Waals surface area contributed by atoms with Crippen molar-refractivity contribution in [3.05, 3.63) is 39.1 Å². The van der Waals surface area contributed by atoms with Gasteiger partial charge in [0.25, 0.3) is 0 Å². The van der Waals surface area contributed by atoms with E-state index in [1.54, 1.807) is 6.92 Å². The lowest BCUT2D eigenvalue weighted by Gasteiger charge is -2.09. The van der Waals surface area contributed by atoms with Crippen LogP contribution < -0.4 is 0 Å². The number of esters is 1. The molecule has 0 bridgehead atoms. The summed E-state index contributed by atoms with van der Waals surface area (Å²) in [5, 5.41) is 10.1. The van der Waals surface area contributed by atoms with E-state index in [1.807, 2.05) is 0 Å². The lowest BCUT2D eigenvalue weighted by Crippen LogP contribution is -2.12. The van der Waals surface area contributed by atoms with Gasteiger partial charge in [0.05, 0.1) is 16.6 Å². The van der Waals surface area contributed by atoms with Crippen molar-refractivity contribution in [2.24, 2.45) is 4.99 Å². The van der Waals surface area contributed by atoms with Crippen LogP contribution in [0.3, 0.4) is 0 Å². The van der Waals surface area contributed by atoms with Crippen LogP contribution in [0.4, 0.5) is 13.2 Å². The molecule has 0 saturated carbocycles. The maximum Gasteiger partial charge on any atom is 0.343 e. The van der Waals surface area contributed by atoms with Gasteiger partial charge in [-0.05, 0) is 35.8 Å². The second kappa shape index (κ2) is 7.98.